The van der Waals surface area contributed by atoms with Gasteiger partial charge in [-0.1, -0.05) is 39.2 Å². The van der Waals surface area contributed by atoms with Crippen LogP contribution in [0.2, 0.25) is 0 Å². The lowest BCUT2D eigenvalue weighted by molar-refractivity contribution is 0.718. The number of anilines is 1. The molecule has 0 bridgehead atoms. The van der Waals surface area contributed by atoms with Crippen molar-refractivity contribution in [3.05, 3.63) is 28.8 Å². The predicted octanol–water partition coefficient (Wildman–Crippen LogP) is 5.32. The van der Waals surface area contributed by atoms with Gasteiger partial charge >= 0.3 is 0 Å². The molecule has 2 rings (SSSR count). The van der Waals surface area contributed by atoms with E-state index in [4.69, 9.17) is 0 Å². The van der Waals surface area contributed by atoms with Crippen LogP contribution in [0.1, 0.15) is 75.0 Å². The molecular weight excluding hydrogens is 242 g/mol. The maximum absolute atomic E-state index is 2.52. The highest BCUT2D eigenvalue weighted by Gasteiger charge is 2.20. The second-order valence-electron chi connectivity index (χ2n) is 6.51. The van der Waals surface area contributed by atoms with Crippen molar-refractivity contribution in [3.8, 4) is 0 Å². The first-order valence-electron chi connectivity index (χ1n) is 8.50. The summed E-state index contributed by atoms with van der Waals surface area (Å²) in [7, 11) is 4.39. The molecule has 0 aromatic heterocycles. The van der Waals surface area contributed by atoms with Gasteiger partial charge in [0.25, 0.3) is 0 Å². The number of hydrogen-bond donors (Lipinski definition) is 0. The molecule has 1 nitrogen and oxygen atoms in total. The molecule has 0 atom stereocenters. The molecule has 1 fully saturated rings. The summed E-state index contributed by atoms with van der Waals surface area (Å²) in [5, 5.41) is 0. The van der Waals surface area contributed by atoms with E-state index in [0.29, 0.717) is 0 Å². The Morgan fingerprint density at radius 2 is 1.80 bits per heavy atom. The summed E-state index contributed by atoms with van der Waals surface area (Å²) < 4.78 is 0. The summed E-state index contributed by atoms with van der Waals surface area (Å²) in [5.41, 5.74) is 6.26. The first kappa shape index (κ1) is 15.4. The normalized spacial score (nSPS) is 15.8. The Kier molecular flexibility index (Phi) is 5.51. The van der Waals surface area contributed by atoms with E-state index in [1.54, 1.807) is 16.7 Å². The average Bonchev–Trinajstić information content (AvgIpc) is 2.98. The predicted molar refractivity (Wildman–Crippen MR) is 90.0 cm³/mol. The van der Waals surface area contributed by atoms with Crippen molar-refractivity contribution >= 4 is 5.69 Å². The highest BCUT2D eigenvalue weighted by molar-refractivity contribution is 5.59. The second kappa shape index (κ2) is 7.15. The van der Waals surface area contributed by atoms with Crippen molar-refractivity contribution in [2.75, 3.05) is 19.0 Å². The minimum absolute atomic E-state index is 0.819. The highest BCUT2D eigenvalue weighted by atomic mass is 15.1. The zero-order valence-electron chi connectivity index (χ0n) is 13.8. The monoisotopic (exact) mass is 273 g/mol. The van der Waals surface area contributed by atoms with Gasteiger partial charge in [0.2, 0.25) is 0 Å². The molecule has 0 radical (unpaired) electrons. The summed E-state index contributed by atoms with van der Waals surface area (Å²) in [5.74, 6) is 0.819. The smallest absolute Gasteiger partial charge is 0.0399 e. The van der Waals surface area contributed by atoms with Gasteiger partial charge in [-0.3, -0.25) is 0 Å². The Hall–Kier alpha value is -0.980. The van der Waals surface area contributed by atoms with Crippen molar-refractivity contribution in [2.24, 2.45) is 0 Å². The van der Waals surface area contributed by atoms with Gasteiger partial charge in [0.05, 0.1) is 0 Å². The lowest BCUT2D eigenvalue weighted by atomic mass is 9.89. The van der Waals surface area contributed by atoms with E-state index in [1.165, 1.54) is 57.1 Å². The maximum Gasteiger partial charge on any atom is 0.0399 e. The van der Waals surface area contributed by atoms with Crippen LogP contribution in [0.25, 0.3) is 0 Å². The number of nitrogens with zero attached hydrogens (tertiary/aromatic N) is 1. The lowest BCUT2D eigenvalue weighted by Crippen LogP contribution is -2.14. The van der Waals surface area contributed by atoms with Crippen LogP contribution in [0.4, 0.5) is 5.69 Å². The van der Waals surface area contributed by atoms with Gasteiger partial charge in [0, 0.05) is 19.8 Å². The average molecular weight is 273 g/mol. The van der Waals surface area contributed by atoms with Gasteiger partial charge in [0.1, 0.15) is 0 Å². The van der Waals surface area contributed by atoms with Crippen molar-refractivity contribution in [2.45, 2.75) is 71.1 Å². The molecule has 1 aliphatic carbocycles. The summed E-state index contributed by atoms with van der Waals surface area (Å²) in [4.78, 5) is 2.32. The van der Waals surface area contributed by atoms with Crippen molar-refractivity contribution in [1.82, 2.24) is 0 Å². The topological polar surface area (TPSA) is 3.24 Å². The molecule has 0 heterocycles. The van der Waals surface area contributed by atoms with Crippen LogP contribution in [0.3, 0.4) is 0 Å². The number of aryl methyl sites for hydroxylation is 1. The van der Waals surface area contributed by atoms with Gasteiger partial charge in [-0.05, 0) is 60.8 Å². The molecular formula is C19H31N. The van der Waals surface area contributed by atoms with Crippen LogP contribution in [-0.2, 0) is 12.8 Å². The molecule has 0 unspecified atom stereocenters. The van der Waals surface area contributed by atoms with E-state index in [1.807, 2.05) is 0 Å². The molecule has 0 amide bonds. The van der Waals surface area contributed by atoms with Gasteiger partial charge in [0.15, 0.2) is 0 Å². The zero-order chi connectivity index (χ0) is 14.5. The van der Waals surface area contributed by atoms with Crippen molar-refractivity contribution in [3.63, 3.8) is 0 Å². The van der Waals surface area contributed by atoms with Crippen molar-refractivity contribution in [1.29, 1.82) is 0 Å². The quantitative estimate of drug-likeness (QED) is 0.678. The van der Waals surface area contributed by atoms with E-state index in [0.717, 1.165) is 5.92 Å². The minimum Gasteiger partial charge on any atom is -0.377 e. The van der Waals surface area contributed by atoms with Crippen LogP contribution in [0, 0.1) is 0 Å². The van der Waals surface area contributed by atoms with Gasteiger partial charge in [-0.15, -0.1) is 0 Å². The van der Waals surface area contributed by atoms with E-state index in [-0.39, 0.29) is 0 Å². The summed E-state index contributed by atoms with van der Waals surface area (Å²) in [6, 6.07) is 5.01. The molecule has 1 aromatic rings. The fourth-order valence-electron chi connectivity index (χ4n) is 3.59. The number of unbranched alkanes of at least 4 members (excludes halogenated alkanes) is 1. The molecule has 0 spiro atoms. The molecule has 20 heavy (non-hydrogen) atoms. The van der Waals surface area contributed by atoms with E-state index in [9.17, 15) is 0 Å². The molecule has 1 saturated carbocycles. The molecule has 1 aliphatic rings. The number of rotatable bonds is 6. The largest absolute Gasteiger partial charge is 0.377 e. The molecule has 0 saturated heterocycles. The van der Waals surface area contributed by atoms with Gasteiger partial charge in [-0.25, -0.2) is 0 Å². The third kappa shape index (κ3) is 3.37. The van der Waals surface area contributed by atoms with Crippen LogP contribution in [0.5, 0.6) is 0 Å². The summed E-state index contributed by atoms with van der Waals surface area (Å²) in [6.07, 6.45) is 10.6. The first-order chi connectivity index (χ1) is 9.67. The van der Waals surface area contributed by atoms with Gasteiger partial charge < -0.3 is 4.90 Å². The Balaban J connectivity index is 2.39. The van der Waals surface area contributed by atoms with E-state index in [2.05, 4.69) is 45.0 Å². The molecule has 1 heteroatoms. The first-order valence-corrected chi connectivity index (χ1v) is 8.50. The molecule has 112 valence electrons. The lowest BCUT2D eigenvalue weighted by Gasteiger charge is -2.24. The second-order valence-corrected chi connectivity index (χ2v) is 6.51. The SMILES string of the molecule is CCCCc1c(CC)cc(C2CCCC2)cc1N(C)C. The molecule has 0 N–H and O–H groups in total. The third-order valence-corrected chi connectivity index (χ3v) is 4.81. The fourth-order valence-corrected chi connectivity index (χ4v) is 3.59. The summed E-state index contributed by atoms with van der Waals surface area (Å²) >= 11 is 0. The summed E-state index contributed by atoms with van der Waals surface area (Å²) in [6.45, 7) is 4.59. The number of benzene rings is 1. The van der Waals surface area contributed by atoms with Crippen LogP contribution < -0.4 is 4.90 Å². The number of hydrogen-bond acceptors (Lipinski definition) is 1. The third-order valence-electron chi connectivity index (χ3n) is 4.81. The Morgan fingerprint density at radius 3 is 2.35 bits per heavy atom. The van der Waals surface area contributed by atoms with Crippen LogP contribution in [-0.4, -0.2) is 14.1 Å². The van der Waals surface area contributed by atoms with Crippen LogP contribution >= 0.6 is 0 Å². The zero-order valence-corrected chi connectivity index (χ0v) is 13.8. The van der Waals surface area contributed by atoms with E-state index < -0.39 is 0 Å². The van der Waals surface area contributed by atoms with Crippen LogP contribution in [0.15, 0.2) is 12.1 Å². The standard InChI is InChI=1S/C19H31N/c1-5-7-12-18-15(6-2)13-17(14-19(18)20(3)4)16-10-8-9-11-16/h13-14,16H,5-12H2,1-4H3. The Labute approximate surface area is 125 Å². The van der Waals surface area contributed by atoms with Crippen molar-refractivity contribution < 1.29 is 0 Å². The molecule has 0 aliphatic heterocycles. The fraction of sp³-hybridized carbons (Fsp3) is 0.684. The molecule has 1 aromatic carbocycles. The Morgan fingerprint density at radius 1 is 1.10 bits per heavy atom. The Bertz CT molecular complexity index is 428. The maximum atomic E-state index is 2.52. The van der Waals surface area contributed by atoms with E-state index >= 15 is 0 Å². The highest BCUT2D eigenvalue weighted by Crippen LogP contribution is 2.38. The minimum atomic E-state index is 0.819. The van der Waals surface area contributed by atoms with Gasteiger partial charge in [-0.2, -0.15) is 0 Å².